The number of carbonyl (C=O) groups is 3. The number of hydrogen-bond donors (Lipinski definition) is 1. The van der Waals surface area contributed by atoms with Crippen LogP contribution in [0.4, 0.5) is 18.9 Å². The van der Waals surface area contributed by atoms with E-state index in [4.69, 9.17) is 0 Å². The lowest BCUT2D eigenvalue weighted by Gasteiger charge is -2.35. The largest absolute Gasteiger partial charge is 0.406 e. The third-order valence-electron chi connectivity index (χ3n) is 6.02. The van der Waals surface area contributed by atoms with Crippen molar-refractivity contribution in [2.24, 2.45) is 4.99 Å². The molecule has 0 radical (unpaired) electrons. The number of amides is 3. The number of aliphatic imine (C=N–C) groups is 1. The molecule has 0 aliphatic carbocycles. The molecule has 2 aliphatic rings. The van der Waals surface area contributed by atoms with E-state index in [1.807, 2.05) is 6.92 Å². The number of nitrogens with zero attached hydrogens (tertiary/aromatic N) is 5. The Balaban J connectivity index is 1.65. The molecule has 2 atom stereocenters. The maximum absolute atomic E-state index is 13.3. The molecule has 0 saturated carbocycles. The van der Waals surface area contributed by atoms with Gasteiger partial charge in [0.05, 0.1) is 17.4 Å². The van der Waals surface area contributed by atoms with Crippen molar-refractivity contribution in [3.63, 3.8) is 0 Å². The third kappa shape index (κ3) is 4.91. The van der Waals surface area contributed by atoms with E-state index >= 15 is 0 Å². The Labute approximate surface area is 199 Å². The van der Waals surface area contributed by atoms with Gasteiger partial charge in [0.1, 0.15) is 18.3 Å². The van der Waals surface area contributed by atoms with Crippen molar-refractivity contribution in [2.75, 3.05) is 32.0 Å². The molecule has 1 fully saturated rings. The van der Waals surface area contributed by atoms with Crippen LogP contribution in [0.5, 0.6) is 0 Å². The van der Waals surface area contributed by atoms with Crippen LogP contribution in [0, 0.1) is 0 Å². The molecule has 0 spiro atoms. The normalized spacial score (nSPS) is 20.6. The number of nitrogens with one attached hydrogen (secondary N) is 1. The smallest absolute Gasteiger partial charge is 0.332 e. The third-order valence-corrected chi connectivity index (χ3v) is 6.02. The first kappa shape index (κ1) is 24.4. The number of fused-ring (bicyclic) bond motifs is 1. The van der Waals surface area contributed by atoms with Crippen LogP contribution in [0.25, 0.3) is 11.3 Å². The van der Waals surface area contributed by atoms with Gasteiger partial charge in [-0.15, -0.1) is 0 Å². The maximum Gasteiger partial charge on any atom is 0.406 e. The van der Waals surface area contributed by atoms with Crippen molar-refractivity contribution >= 4 is 29.6 Å². The van der Waals surface area contributed by atoms with Gasteiger partial charge in [-0.1, -0.05) is 6.07 Å². The molecule has 12 heteroatoms. The molecule has 4 rings (SSSR count). The van der Waals surface area contributed by atoms with E-state index in [0.29, 0.717) is 16.9 Å². The van der Waals surface area contributed by atoms with E-state index in [2.05, 4.69) is 15.4 Å². The number of anilines is 1. The first-order chi connectivity index (χ1) is 16.5. The van der Waals surface area contributed by atoms with Gasteiger partial charge >= 0.3 is 6.18 Å². The highest BCUT2D eigenvalue weighted by Crippen LogP contribution is 2.33. The number of likely N-dealkylation sites (tertiary alicyclic amines) is 1. The highest BCUT2D eigenvalue weighted by molar-refractivity contribution is 6.00. The molecule has 0 bridgehead atoms. The lowest BCUT2D eigenvalue weighted by Crippen LogP contribution is -2.51. The standard InChI is InChI=1S/C23H25F3N6O3/c1-13-11-31(19-6-7-30(21(19)34)12-23(24,25)26)22(35)20-9-18(29-32(13)20)16-5-4-15(10-27-3)8-17(16)28-14(2)33/h4-5,8-10,13,19H,6-7,11-12H2,1-3H3,(H,28,33)/b27-10+/t13-,19?/m0/s1. The average molecular weight is 490 g/mol. The number of alkyl halides is 3. The summed E-state index contributed by atoms with van der Waals surface area (Å²) in [4.78, 5) is 43.8. The zero-order valence-electron chi connectivity index (χ0n) is 19.5. The van der Waals surface area contributed by atoms with E-state index in [0.717, 1.165) is 10.5 Å². The molecule has 1 saturated heterocycles. The molecule has 3 heterocycles. The first-order valence-electron chi connectivity index (χ1n) is 11.1. The quantitative estimate of drug-likeness (QED) is 0.652. The van der Waals surface area contributed by atoms with Crippen molar-refractivity contribution in [3.05, 3.63) is 35.5 Å². The van der Waals surface area contributed by atoms with Crippen LogP contribution in [0.3, 0.4) is 0 Å². The van der Waals surface area contributed by atoms with Gasteiger partial charge in [0.2, 0.25) is 11.8 Å². The van der Waals surface area contributed by atoms with Gasteiger partial charge in [0, 0.05) is 38.8 Å². The monoisotopic (exact) mass is 490 g/mol. The van der Waals surface area contributed by atoms with Gasteiger partial charge in [0.25, 0.3) is 5.91 Å². The number of carbonyl (C=O) groups excluding carboxylic acids is 3. The molecule has 3 amide bonds. The fourth-order valence-corrected chi connectivity index (χ4v) is 4.58. The van der Waals surface area contributed by atoms with Gasteiger partial charge in [-0.25, -0.2) is 0 Å². The van der Waals surface area contributed by atoms with Crippen molar-refractivity contribution in [2.45, 2.75) is 38.5 Å². The van der Waals surface area contributed by atoms with Gasteiger partial charge < -0.3 is 15.1 Å². The first-order valence-corrected chi connectivity index (χ1v) is 11.1. The lowest BCUT2D eigenvalue weighted by atomic mass is 10.1. The minimum absolute atomic E-state index is 0.0564. The van der Waals surface area contributed by atoms with Crippen LogP contribution < -0.4 is 5.32 Å². The fourth-order valence-electron chi connectivity index (χ4n) is 4.58. The Morgan fingerprint density at radius 3 is 2.69 bits per heavy atom. The number of halogens is 3. The van der Waals surface area contributed by atoms with Crippen LogP contribution in [0.1, 0.15) is 42.4 Å². The second-order valence-electron chi connectivity index (χ2n) is 8.72. The van der Waals surface area contributed by atoms with Crippen LogP contribution in [0.2, 0.25) is 0 Å². The maximum atomic E-state index is 13.3. The molecule has 2 aliphatic heterocycles. The van der Waals surface area contributed by atoms with E-state index in [1.165, 1.54) is 11.8 Å². The van der Waals surface area contributed by atoms with Gasteiger partial charge in [0.15, 0.2) is 0 Å². The second-order valence-corrected chi connectivity index (χ2v) is 8.72. The van der Waals surface area contributed by atoms with Crippen molar-refractivity contribution < 1.29 is 27.6 Å². The van der Waals surface area contributed by atoms with Crippen molar-refractivity contribution in [1.82, 2.24) is 19.6 Å². The number of benzene rings is 1. The fraction of sp³-hybridized carbons (Fsp3) is 0.435. The molecular formula is C23H25F3N6O3. The molecule has 35 heavy (non-hydrogen) atoms. The highest BCUT2D eigenvalue weighted by Gasteiger charge is 2.45. The zero-order chi connectivity index (χ0) is 25.5. The average Bonchev–Trinajstić information content (AvgIpc) is 3.35. The SMILES string of the molecule is C/N=C/c1ccc(-c2cc3n(n2)[C@@H](C)CN(C2CCN(CC(F)(F)F)C2=O)C3=O)c(NC(C)=O)c1. The summed E-state index contributed by atoms with van der Waals surface area (Å²) < 4.78 is 40.0. The van der Waals surface area contributed by atoms with Crippen LogP contribution in [-0.2, 0) is 9.59 Å². The molecule has 1 aromatic carbocycles. The molecule has 1 unspecified atom stereocenters. The summed E-state index contributed by atoms with van der Waals surface area (Å²) in [6.45, 7) is 1.97. The summed E-state index contributed by atoms with van der Waals surface area (Å²) in [6.07, 6.45) is -2.72. The Morgan fingerprint density at radius 2 is 2.03 bits per heavy atom. The second kappa shape index (κ2) is 9.16. The molecular weight excluding hydrogens is 465 g/mol. The zero-order valence-corrected chi connectivity index (χ0v) is 19.5. The summed E-state index contributed by atoms with van der Waals surface area (Å²) in [5, 5.41) is 7.35. The Morgan fingerprint density at radius 1 is 1.29 bits per heavy atom. The minimum atomic E-state index is -4.50. The van der Waals surface area contributed by atoms with Crippen molar-refractivity contribution in [1.29, 1.82) is 0 Å². The van der Waals surface area contributed by atoms with Crippen LogP contribution in [0.15, 0.2) is 29.3 Å². The predicted octanol–water partition coefficient (Wildman–Crippen LogP) is 2.74. The summed E-state index contributed by atoms with van der Waals surface area (Å²) in [6, 6.07) is 5.63. The number of hydrogen-bond acceptors (Lipinski definition) is 5. The Hall–Kier alpha value is -3.70. The molecule has 2 aromatic rings. The summed E-state index contributed by atoms with van der Waals surface area (Å²) >= 11 is 0. The Kier molecular flexibility index (Phi) is 6.39. The van der Waals surface area contributed by atoms with Crippen LogP contribution in [-0.4, -0.2) is 82.4 Å². The number of rotatable bonds is 5. The molecule has 186 valence electrons. The Bertz CT molecular complexity index is 1210. The topological polar surface area (TPSA) is 99.9 Å². The lowest BCUT2D eigenvalue weighted by molar-refractivity contribution is -0.158. The van der Waals surface area contributed by atoms with Crippen molar-refractivity contribution in [3.8, 4) is 11.3 Å². The summed E-state index contributed by atoms with van der Waals surface area (Å²) in [5.41, 5.74) is 2.53. The van der Waals surface area contributed by atoms with E-state index in [1.54, 1.807) is 42.2 Å². The van der Waals surface area contributed by atoms with E-state index in [9.17, 15) is 27.6 Å². The van der Waals surface area contributed by atoms with Gasteiger partial charge in [-0.05, 0) is 37.1 Å². The molecule has 1 N–H and O–H groups in total. The predicted molar refractivity (Wildman–Crippen MR) is 122 cm³/mol. The minimum Gasteiger partial charge on any atom is -0.332 e. The van der Waals surface area contributed by atoms with Crippen LogP contribution >= 0.6 is 0 Å². The summed E-state index contributed by atoms with van der Waals surface area (Å²) in [7, 11) is 1.63. The van der Waals surface area contributed by atoms with Gasteiger partial charge in [-0.3, -0.25) is 24.1 Å². The molecule has 1 aromatic heterocycles. The van der Waals surface area contributed by atoms with E-state index < -0.39 is 30.6 Å². The summed E-state index contributed by atoms with van der Waals surface area (Å²) in [5.74, 6) is -1.44. The number of aromatic nitrogens is 2. The van der Waals surface area contributed by atoms with E-state index in [-0.39, 0.29) is 37.2 Å². The van der Waals surface area contributed by atoms with Gasteiger partial charge in [-0.2, -0.15) is 18.3 Å². The molecule has 9 nitrogen and oxygen atoms in total. The highest BCUT2D eigenvalue weighted by atomic mass is 19.4.